The maximum Gasteiger partial charge on any atom is 0.259 e. The Kier molecular flexibility index (Phi) is 3.21. The summed E-state index contributed by atoms with van der Waals surface area (Å²) in [6.07, 6.45) is 1.98. The van der Waals surface area contributed by atoms with Gasteiger partial charge in [-0.15, -0.1) is 0 Å². The van der Waals surface area contributed by atoms with E-state index in [-0.39, 0.29) is 29.9 Å². The maximum atomic E-state index is 12.6. The van der Waals surface area contributed by atoms with E-state index in [1.807, 2.05) is 0 Å². The summed E-state index contributed by atoms with van der Waals surface area (Å²) < 4.78 is 10.6. The summed E-state index contributed by atoms with van der Waals surface area (Å²) in [7, 11) is 1.60. The van der Waals surface area contributed by atoms with Crippen LogP contribution in [0, 0.1) is 12.8 Å². The van der Waals surface area contributed by atoms with E-state index in [0.29, 0.717) is 24.5 Å². The van der Waals surface area contributed by atoms with Crippen molar-refractivity contribution in [2.45, 2.75) is 25.5 Å². The quantitative estimate of drug-likeness (QED) is 0.821. The molecule has 0 saturated carbocycles. The minimum atomic E-state index is -0.309. The number of aryl methyl sites for hydroxylation is 1. The highest BCUT2D eigenvalue weighted by Gasteiger charge is 2.50. The number of carbonyl (C=O) groups excluding carboxylic acids is 2. The second-order valence-corrected chi connectivity index (χ2v) is 5.17. The maximum absolute atomic E-state index is 12.6. The van der Waals surface area contributed by atoms with E-state index < -0.39 is 0 Å². The van der Waals surface area contributed by atoms with Gasteiger partial charge in [-0.1, -0.05) is 5.16 Å². The van der Waals surface area contributed by atoms with E-state index in [1.54, 1.807) is 18.9 Å². The first-order valence-corrected chi connectivity index (χ1v) is 6.69. The van der Waals surface area contributed by atoms with Crippen LogP contribution in [0.5, 0.6) is 0 Å². The van der Waals surface area contributed by atoms with Crippen LogP contribution in [0.1, 0.15) is 22.5 Å². The molecule has 2 saturated heterocycles. The Bertz CT molecular complexity index is 541. The lowest BCUT2D eigenvalue weighted by molar-refractivity contribution is -0.127. The van der Waals surface area contributed by atoms with Crippen molar-refractivity contribution in [3.63, 3.8) is 0 Å². The van der Waals surface area contributed by atoms with Gasteiger partial charge in [0.25, 0.3) is 5.91 Å². The van der Waals surface area contributed by atoms with Crippen molar-refractivity contribution in [3.05, 3.63) is 17.5 Å². The molecular weight excluding hydrogens is 262 g/mol. The second-order valence-electron chi connectivity index (χ2n) is 5.17. The van der Waals surface area contributed by atoms with Crippen LogP contribution in [0.3, 0.4) is 0 Å². The lowest BCUT2D eigenvalue weighted by atomic mass is 10.0. The number of hydrogen-bond acceptors (Lipinski definition) is 5. The van der Waals surface area contributed by atoms with Gasteiger partial charge in [0.15, 0.2) is 0 Å². The highest BCUT2D eigenvalue weighted by molar-refractivity contribution is 5.96. The fourth-order valence-electron chi connectivity index (χ4n) is 3.08. The van der Waals surface area contributed by atoms with E-state index in [9.17, 15) is 9.59 Å². The summed E-state index contributed by atoms with van der Waals surface area (Å²) in [6, 6.07) is -0.0425. The molecule has 7 nitrogen and oxygen atoms in total. The summed E-state index contributed by atoms with van der Waals surface area (Å²) in [5, 5.41) is 6.27. The molecule has 2 aliphatic rings. The molecule has 1 aromatic rings. The molecule has 0 bridgehead atoms. The molecule has 3 rings (SSSR count). The minimum Gasteiger partial charge on any atom is -0.375 e. The molecule has 2 aliphatic heterocycles. The van der Waals surface area contributed by atoms with Crippen molar-refractivity contribution in [2.75, 3.05) is 20.2 Å². The highest BCUT2D eigenvalue weighted by atomic mass is 16.5. The number of likely N-dealkylation sites (tertiary alicyclic amines) is 1. The van der Waals surface area contributed by atoms with Crippen molar-refractivity contribution in [3.8, 4) is 0 Å². The van der Waals surface area contributed by atoms with Crippen LogP contribution in [0.2, 0.25) is 0 Å². The molecule has 1 aromatic heterocycles. The van der Waals surface area contributed by atoms with Gasteiger partial charge in [-0.25, -0.2) is 0 Å². The number of nitrogens with zero attached hydrogens (tertiary/aromatic N) is 2. The van der Waals surface area contributed by atoms with Gasteiger partial charge in [0, 0.05) is 20.2 Å². The highest BCUT2D eigenvalue weighted by Crippen LogP contribution is 2.34. The molecule has 0 aliphatic carbocycles. The molecule has 0 aromatic carbocycles. The number of carbonyl (C=O) groups is 2. The lowest BCUT2D eigenvalue weighted by Gasteiger charge is -2.21. The second kappa shape index (κ2) is 4.90. The van der Waals surface area contributed by atoms with Gasteiger partial charge in [-0.05, 0) is 13.3 Å². The van der Waals surface area contributed by atoms with E-state index in [1.165, 1.54) is 6.20 Å². The van der Waals surface area contributed by atoms with Crippen LogP contribution in [0.15, 0.2) is 10.7 Å². The first-order valence-electron chi connectivity index (χ1n) is 6.69. The number of fused-ring (bicyclic) bond motifs is 1. The van der Waals surface area contributed by atoms with Crippen molar-refractivity contribution < 1.29 is 18.8 Å². The Hall–Kier alpha value is -1.89. The van der Waals surface area contributed by atoms with Crippen LogP contribution in [0.25, 0.3) is 0 Å². The van der Waals surface area contributed by atoms with Gasteiger partial charge in [0.2, 0.25) is 5.91 Å². The normalized spacial score (nSPS) is 28.5. The number of ether oxygens (including phenoxy) is 1. The third kappa shape index (κ3) is 1.89. The third-order valence-electron chi connectivity index (χ3n) is 4.12. The average molecular weight is 279 g/mol. The van der Waals surface area contributed by atoms with Crippen LogP contribution in [0.4, 0.5) is 0 Å². The summed E-state index contributed by atoms with van der Waals surface area (Å²) >= 11 is 0. The van der Waals surface area contributed by atoms with Crippen LogP contribution in [-0.2, 0) is 9.53 Å². The molecule has 108 valence electrons. The van der Waals surface area contributed by atoms with Gasteiger partial charge in [0.1, 0.15) is 11.3 Å². The topological polar surface area (TPSA) is 84.7 Å². The first kappa shape index (κ1) is 13.1. The fraction of sp³-hybridized carbons (Fsp3) is 0.615. The smallest absolute Gasteiger partial charge is 0.259 e. The summed E-state index contributed by atoms with van der Waals surface area (Å²) in [5.74, 6) is -0.0413. The molecule has 20 heavy (non-hydrogen) atoms. The molecule has 2 amide bonds. The minimum absolute atomic E-state index is 0.0425. The summed E-state index contributed by atoms with van der Waals surface area (Å²) in [5.41, 5.74) is 0.452. The zero-order valence-electron chi connectivity index (χ0n) is 11.5. The number of rotatable bonds is 2. The summed E-state index contributed by atoms with van der Waals surface area (Å²) in [4.78, 5) is 26.2. The molecule has 2 fully saturated rings. The average Bonchev–Trinajstić information content (AvgIpc) is 3.12. The number of amides is 2. The van der Waals surface area contributed by atoms with E-state index >= 15 is 0 Å². The number of hydrogen-bond donors (Lipinski definition) is 1. The van der Waals surface area contributed by atoms with Gasteiger partial charge >= 0.3 is 0 Å². The molecule has 0 radical (unpaired) electrons. The van der Waals surface area contributed by atoms with E-state index in [2.05, 4.69) is 10.5 Å². The number of aromatic nitrogens is 1. The van der Waals surface area contributed by atoms with Crippen LogP contribution >= 0.6 is 0 Å². The fourth-order valence-corrected chi connectivity index (χ4v) is 3.08. The van der Waals surface area contributed by atoms with E-state index in [0.717, 1.165) is 6.42 Å². The van der Waals surface area contributed by atoms with Crippen molar-refractivity contribution in [1.29, 1.82) is 0 Å². The first-order chi connectivity index (χ1) is 9.63. The van der Waals surface area contributed by atoms with Crippen LogP contribution < -0.4 is 5.32 Å². The van der Waals surface area contributed by atoms with Crippen molar-refractivity contribution in [1.82, 2.24) is 15.4 Å². The van der Waals surface area contributed by atoms with Gasteiger partial charge in [-0.2, -0.15) is 0 Å². The molecular formula is C13H17N3O4. The van der Waals surface area contributed by atoms with Gasteiger partial charge < -0.3 is 19.5 Å². The Balaban J connectivity index is 1.85. The molecule has 1 N–H and O–H groups in total. The zero-order chi connectivity index (χ0) is 14.3. The predicted octanol–water partition coefficient (Wildman–Crippen LogP) is -0.0415. The largest absolute Gasteiger partial charge is 0.375 e. The van der Waals surface area contributed by atoms with Gasteiger partial charge in [-0.3, -0.25) is 9.59 Å². The molecule has 0 unspecified atom stereocenters. The predicted molar refractivity (Wildman–Crippen MR) is 68.0 cm³/mol. The lowest BCUT2D eigenvalue weighted by Crippen LogP contribution is -2.37. The molecule has 0 spiro atoms. The SMILES string of the molecule is CNC(=O)[C@H]1CN(C(=O)c2cnoc2C)[C@@H]2CCO[C@H]12. The third-order valence-corrected chi connectivity index (χ3v) is 4.12. The summed E-state index contributed by atoms with van der Waals surface area (Å²) in [6.45, 7) is 2.66. The van der Waals surface area contributed by atoms with Gasteiger partial charge in [0.05, 0.1) is 24.3 Å². The molecule has 7 heteroatoms. The van der Waals surface area contributed by atoms with Crippen LogP contribution in [-0.4, -0.2) is 54.2 Å². The Labute approximate surface area is 116 Å². The molecule has 3 atom stereocenters. The standard InChI is InChI=1S/C13H17N3O4/c1-7-8(5-15-20-7)13(18)16-6-9(12(17)14-2)11-10(16)3-4-19-11/h5,9-11H,3-4,6H2,1-2H3,(H,14,17)/t9-,10+,11+/m0/s1. The van der Waals surface area contributed by atoms with Crippen molar-refractivity contribution >= 4 is 11.8 Å². The monoisotopic (exact) mass is 279 g/mol. The Morgan fingerprint density at radius 1 is 1.50 bits per heavy atom. The molecule has 3 heterocycles. The Morgan fingerprint density at radius 3 is 2.95 bits per heavy atom. The zero-order valence-corrected chi connectivity index (χ0v) is 11.5. The Morgan fingerprint density at radius 2 is 2.30 bits per heavy atom. The van der Waals surface area contributed by atoms with Crippen molar-refractivity contribution in [2.24, 2.45) is 5.92 Å². The van der Waals surface area contributed by atoms with E-state index in [4.69, 9.17) is 9.26 Å². The number of nitrogens with one attached hydrogen (secondary N) is 1.